The molecular weight excluding hydrogens is 380 g/mol. The van der Waals surface area contributed by atoms with Crippen LogP contribution in [0.5, 0.6) is 5.75 Å². The fraction of sp³-hybridized carbons (Fsp3) is 0.292. The molecule has 4 nitrogen and oxygen atoms in total. The van der Waals surface area contributed by atoms with Crippen LogP contribution in [-0.4, -0.2) is 26.1 Å². The second kappa shape index (κ2) is 9.14. The number of aryl methyl sites for hydroxylation is 1. The molecule has 4 rings (SSSR count). The van der Waals surface area contributed by atoms with E-state index in [0.29, 0.717) is 13.0 Å². The lowest BCUT2D eigenvalue weighted by Crippen LogP contribution is -2.37. The minimum Gasteiger partial charge on any atom is -0.497 e. The number of benzene rings is 2. The number of methoxy groups -OCH3 is 1. The lowest BCUT2D eigenvalue weighted by molar-refractivity contribution is -0.121. The molecule has 5 heteroatoms. The van der Waals surface area contributed by atoms with E-state index in [1.807, 2.05) is 24.3 Å². The van der Waals surface area contributed by atoms with E-state index in [4.69, 9.17) is 4.74 Å². The first kappa shape index (κ1) is 19.5. The van der Waals surface area contributed by atoms with Crippen LogP contribution in [0.3, 0.4) is 0 Å². The molecule has 2 heterocycles. The Balaban J connectivity index is 1.38. The first-order valence-corrected chi connectivity index (χ1v) is 10.9. The summed E-state index contributed by atoms with van der Waals surface area (Å²) in [7, 11) is 1.66. The van der Waals surface area contributed by atoms with Crippen molar-refractivity contribution in [3.63, 3.8) is 0 Å². The van der Waals surface area contributed by atoms with Crippen LogP contribution >= 0.6 is 11.3 Å². The molecule has 0 fully saturated rings. The van der Waals surface area contributed by atoms with Gasteiger partial charge < -0.3 is 15.0 Å². The van der Waals surface area contributed by atoms with Gasteiger partial charge in [0.25, 0.3) is 0 Å². The maximum Gasteiger partial charge on any atom is 0.220 e. The van der Waals surface area contributed by atoms with Gasteiger partial charge in [-0.2, -0.15) is 0 Å². The number of para-hydroxylation sites is 1. The van der Waals surface area contributed by atoms with Crippen LogP contribution in [0.1, 0.15) is 28.5 Å². The van der Waals surface area contributed by atoms with Gasteiger partial charge in [-0.3, -0.25) is 4.79 Å². The third-order valence-electron chi connectivity index (χ3n) is 5.46. The lowest BCUT2D eigenvalue weighted by Gasteiger charge is -2.30. The van der Waals surface area contributed by atoms with E-state index in [0.717, 1.165) is 30.7 Å². The molecule has 0 spiro atoms. The van der Waals surface area contributed by atoms with Gasteiger partial charge >= 0.3 is 0 Å². The molecule has 29 heavy (non-hydrogen) atoms. The van der Waals surface area contributed by atoms with Gasteiger partial charge in [-0.05, 0) is 53.6 Å². The average Bonchev–Trinajstić information content (AvgIpc) is 3.44. The number of hydrogen-bond acceptors (Lipinski definition) is 4. The van der Waals surface area contributed by atoms with Crippen LogP contribution in [0.4, 0.5) is 5.69 Å². The quantitative estimate of drug-likeness (QED) is 0.594. The van der Waals surface area contributed by atoms with Gasteiger partial charge in [0.15, 0.2) is 0 Å². The second-order valence-corrected chi connectivity index (χ2v) is 8.23. The minimum atomic E-state index is 0.0925. The van der Waals surface area contributed by atoms with Crippen LogP contribution in [0.2, 0.25) is 0 Å². The Morgan fingerprint density at radius 3 is 2.72 bits per heavy atom. The van der Waals surface area contributed by atoms with Crippen molar-refractivity contribution in [1.29, 1.82) is 0 Å². The Morgan fingerprint density at radius 2 is 1.97 bits per heavy atom. The van der Waals surface area contributed by atoms with Crippen molar-refractivity contribution in [1.82, 2.24) is 5.32 Å². The molecule has 3 aromatic rings. The van der Waals surface area contributed by atoms with Crippen LogP contribution in [0.25, 0.3) is 0 Å². The minimum absolute atomic E-state index is 0.0925. The number of rotatable bonds is 8. The molecule has 0 bridgehead atoms. The summed E-state index contributed by atoms with van der Waals surface area (Å²) in [6, 6.07) is 20.9. The highest BCUT2D eigenvalue weighted by Crippen LogP contribution is 2.36. The summed E-state index contributed by atoms with van der Waals surface area (Å²) in [5, 5.41) is 5.28. The van der Waals surface area contributed by atoms with Crippen molar-refractivity contribution in [2.24, 2.45) is 0 Å². The molecule has 0 aliphatic carbocycles. The zero-order chi connectivity index (χ0) is 20.1. The maximum absolute atomic E-state index is 12.5. The number of anilines is 1. The molecule has 2 aromatic carbocycles. The van der Waals surface area contributed by atoms with Crippen molar-refractivity contribution in [2.75, 3.05) is 25.1 Å². The molecule has 1 amide bonds. The number of nitrogens with zero attached hydrogens (tertiary/aromatic N) is 1. The molecular formula is C24H26N2O2S. The van der Waals surface area contributed by atoms with Crippen molar-refractivity contribution in [3.05, 3.63) is 82.0 Å². The van der Waals surface area contributed by atoms with Gasteiger partial charge in [-0.25, -0.2) is 0 Å². The average molecular weight is 407 g/mol. The van der Waals surface area contributed by atoms with Crippen LogP contribution in [0, 0.1) is 0 Å². The Morgan fingerprint density at radius 1 is 1.14 bits per heavy atom. The monoisotopic (exact) mass is 406 g/mol. The molecule has 1 N–H and O–H groups in total. The number of ether oxygens (including phenoxy) is 1. The molecule has 0 saturated carbocycles. The van der Waals surface area contributed by atoms with Gasteiger partial charge in [-0.1, -0.05) is 36.4 Å². The van der Waals surface area contributed by atoms with E-state index >= 15 is 0 Å². The van der Waals surface area contributed by atoms with E-state index in [-0.39, 0.29) is 11.9 Å². The van der Waals surface area contributed by atoms with Crippen molar-refractivity contribution in [2.45, 2.75) is 25.3 Å². The third kappa shape index (κ3) is 4.62. The van der Waals surface area contributed by atoms with E-state index in [1.54, 1.807) is 18.4 Å². The summed E-state index contributed by atoms with van der Waals surface area (Å²) in [6.07, 6.45) is 2.27. The number of amides is 1. The van der Waals surface area contributed by atoms with Gasteiger partial charge in [0, 0.05) is 30.1 Å². The smallest absolute Gasteiger partial charge is 0.220 e. The SMILES string of the molecule is COc1ccc(CCC(=O)NCC(c2cccs2)N2CCc3ccccc32)cc1. The number of nitrogens with one attached hydrogen (secondary N) is 1. The summed E-state index contributed by atoms with van der Waals surface area (Å²) in [5.41, 5.74) is 3.82. The number of thiophene rings is 1. The fourth-order valence-electron chi connectivity index (χ4n) is 3.88. The predicted octanol–water partition coefficient (Wildman–Crippen LogP) is 4.61. The normalized spacial score (nSPS) is 13.8. The Labute approximate surface area is 176 Å². The van der Waals surface area contributed by atoms with E-state index in [9.17, 15) is 4.79 Å². The van der Waals surface area contributed by atoms with Crippen molar-refractivity contribution >= 4 is 22.9 Å². The maximum atomic E-state index is 12.5. The van der Waals surface area contributed by atoms with Gasteiger partial charge in [-0.15, -0.1) is 11.3 Å². The highest BCUT2D eigenvalue weighted by molar-refractivity contribution is 7.10. The van der Waals surface area contributed by atoms with E-state index < -0.39 is 0 Å². The standard InChI is InChI=1S/C24H26N2O2S/c1-28-20-11-8-18(9-12-20)10-13-24(27)25-17-22(23-7-4-16-29-23)26-15-14-19-5-2-3-6-21(19)26/h2-9,11-12,16,22H,10,13-15,17H2,1H3,(H,25,27). The van der Waals surface area contributed by atoms with Gasteiger partial charge in [0.1, 0.15) is 5.75 Å². The molecule has 150 valence electrons. The van der Waals surface area contributed by atoms with Gasteiger partial charge in [0.2, 0.25) is 5.91 Å². The van der Waals surface area contributed by atoms with E-state index in [2.05, 4.69) is 52.0 Å². The number of hydrogen-bond donors (Lipinski definition) is 1. The highest BCUT2D eigenvalue weighted by Gasteiger charge is 2.27. The first-order valence-electron chi connectivity index (χ1n) is 10.0. The van der Waals surface area contributed by atoms with Crippen molar-refractivity contribution < 1.29 is 9.53 Å². The molecule has 1 aliphatic rings. The summed E-state index contributed by atoms with van der Waals surface area (Å²) in [6.45, 7) is 1.61. The second-order valence-electron chi connectivity index (χ2n) is 7.26. The topological polar surface area (TPSA) is 41.6 Å². The predicted molar refractivity (Wildman–Crippen MR) is 119 cm³/mol. The lowest BCUT2D eigenvalue weighted by atomic mass is 10.1. The summed E-state index contributed by atoms with van der Waals surface area (Å²) in [5.74, 6) is 0.928. The molecule has 1 aliphatic heterocycles. The summed E-state index contributed by atoms with van der Waals surface area (Å²) in [4.78, 5) is 16.2. The Bertz CT molecular complexity index is 938. The number of carbonyl (C=O) groups is 1. The zero-order valence-corrected chi connectivity index (χ0v) is 17.5. The number of carbonyl (C=O) groups excluding carboxylic acids is 1. The summed E-state index contributed by atoms with van der Waals surface area (Å²) >= 11 is 1.75. The molecule has 0 saturated heterocycles. The third-order valence-corrected chi connectivity index (χ3v) is 6.44. The summed E-state index contributed by atoms with van der Waals surface area (Å²) < 4.78 is 5.19. The fourth-order valence-corrected chi connectivity index (χ4v) is 4.72. The number of fused-ring (bicyclic) bond motifs is 1. The van der Waals surface area contributed by atoms with Crippen LogP contribution in [0.15, 0.2) is 66.0 Å². The largest absolute Gasteiger partial charge is 0.497 e. The van der Waals surface area contributed by atoms with Crippen LogP contribution in [-0.2, 0) is 17.6 Å². The van der Waals surface area contributed by atoms with E-state index in [1.165, 1.54) is 16.1 Å². The first-order chi connectivity index (χ1) is 14.2. The molecule has 0 radical (unpaired) electrons. The zero-order valence-electron chi connectivity index (χ0n) is 16.6. The highest BCUT2D eigenvalue weighted by atomic mass is 32.1. The van der Waals surface area contributed by atoms with Crippen LogP contribution < -0.4 is 15.0 Å². The van der Waals surface area contributed by atoms with Crippen molar-refractivity contribution in [3.8, 4) is 5.75 Å². The Hall–Kier alpha value is -2.79. The van der Waals surface area contributed by atoms with Gasteiger partial charge in [0.05, 0.1) is 13.2 Å². The molecule has 1 unspecified atom stereocenters. The molecule has 1 aromatic heterocycles. The molecule has 1 atom stereocenters. The Kier molecular flexibility index (Phi) is 6.15.